The molecule has 0 bridgehead atoms. The van der Waals surface area contributed by atoms with Gasteiger partial charge in [-0.2, -0.15) is 5.26 Å². The van der Waals surface area contributed by atoms with E-state index in [1.54, 1.807) is 17.0 Å². The van der Waals surface area contributed by atoms with E-state index in [2.05, 4.69) is 15.7 Å². The number of nitriles is 1. The first kappa shape index (κ1) is 23.4. The molecule has 1 atom stereocenters. The van der Waals surface area contributed by atoms with Crippen molar-refractivity contribution in [2.24, 2.45) is 0 Å². The van der Waals surface area contributed by atoms with Gasteiger partial charge in [0.25, 0.3) is 5.91 Å². The van der Waals surface area contributed by atoms with Gasteiger partial charge in [0.1, 0.15) is 0 Å². The first-order valence-corrected chi connectivity index (χ1v) is 12.6. The van der Waals surface area contributed by atoms with Gasteiger partial charge in [0.2, 0.25) is 10.0 Å². The van der Waals surface area contributed by atoms with Crippen LogP contribution < -0.4 is 4.72 Å². The monoisotopic (exact) mass is 468 g/mol. The van der Waals surface area contributed by atoms with Crippen molar-refractivity contribution in [1.29, 1.82) is 5.26 Å². The Morgan fingerprint density at radius 1 is 1.06 bits per heavy atom. The Labute approximate surface area is 194 Å². The number of piperazine rings is 1. The van der Waals surface area contributed by atoms with Crippen LogP contribution >= 0.6 is 0 Å². The van der Waals surface area contributed by atoms with Gasteiger partial charge in [0.15, 0.2) is 0 Å². The normalized spacial score (nSPS) is 19.4. The zero-order valence-corrected chi connectivity index (χ0v) is 19.3. The Balaban J connectivity index is 1.29. The number of sulfonamides is 1. The zero-order chi connectivity index (χ0) is 23.3. The molecule has 1 N–H and O–H groups in total. The second kappa shape index (κ2) is 10.4. The molecule has 2 saturated heterocycles. The van der Waals surface area contributed by atoms with Crippen LogP contribution in [0.1, 0.15) is 34.3 Å². The van der Waals surface area contributed by atoms with Crippen molar-refractivity contribution in [2.75, 3.05) is 39.3 Å². The number of nitrogens with one attached hydrogen (secondary N) is 1. The molecule has 0 radical (unpaired) electrons. The number of benzene rings is 2. The van der Waals surface area contributed by atoms with Crippen molar-refractivity contribution in [1.82, 2.24) is 14.5 Å². The number of carbonyl (C=O) groups is 1. The lowest BCUT2D eigenvalue weighted by Gasteiger charge is -2.34. The first-order valence-electron chi connectivity index (χ1n) is 11.2. The SMILES string of the molecule is N#Cc1ccc(CN2CCN(C(=O)c3ccc(S(=O)(=O)NC[C@H]4CCCO4)cc3)CC2)cc1. The molecule has 0 aromatic heterocycles. The Kier molecular flexibility index (Phi) is 7.40. The van der Waals surface area contributed by atoms with Crippen molar-refractivity contribution < 1.29 is 17.9 Å². The summed E-state index contributed by atoms with van der Waals surface area (Å²) >= 11 is 0. The molecule has 2 aliphatic heterocycles. The molecule has 2 aliphatic rings. The molecule has 174 valence electrons. The number of ether oxygens (including phenoxy) is 1. The van der Waals surface area contributed by atoms with E-state index in [0.29, 0.717) is 30.8 Å². The molecule has 4 rings (SSSR count). The molecule has 0 aliphatic carbocycles. The summed E-state index contributed by atoms with van der Waals surface area (Å²) in [5.41, 5.74) is 2.26. The fourth-order valence-electron chi connectivity index (χ4n) is 4.10. The van der Waals surface area contributed by atoms with Crippen molar-refractivity contribution in [2.45, 2.75) is 30.4 Å². The summed E-state index contributed by atoms with van der Waals surface area (Å²) in [5, 5.41) is 8.91. The average Bonchev–Trinajstić information content (AvgIpc) is 3.37. The summed E-state index contributed by atoms with van der Waals surface area (Å²) in [4.78, 5) is 17.1. The molecule has 0 unspecified atom stereocenters. The minimum atomic E-state index is -3.64. The summed E-state index contributed by atoms with van der Waals surface area (Å²) < 4.78 is 33.1. The molecule has 9 heteroatoms. The van der Waals surface area contributed by atoms with Gasteiger partial charge in [-0.1, -0.05) is 12.1 Å². The van der Waals surface area contributed by atoms with Crippen LogP contribution in [0.25, 0.3) is 0 Å². The van der Waals surface area contributed by atoms with Gasteiger partial charge >= 0.3 is 0 Å². The van der Waals surface area contributed by atoms with E-state index in [1.807, 2.05) is 24.3 Å². The maximum atomic E-state index is 12.9. The second-order valence-corrected chi connectivity index (χ2v) is 10.2. The maximum absolute atomic E-state index is 12.9. The van der Waals surface area contributed by atoms with Crippen molar-refractivity contribution in [3.8, 4) is 6.07 Å². The Morgan fingerprint density at radius 3 is 2.36 bits per heavy atom. The van der Waals surface area contributed by atoms with Crippen molar-refractivity contribution in [3.63, 3.8) is 0 Å². The van der Waals surface area contributed by atoms with Gasteiger partial charge in [0.05, 0.1) is 22.6 Å². The van der Waals surface area contributed by atoms with Gasteiger partial charge in [0, 0.05) is 51.4 Å². The molecular formula is C24H28N4O4S. The molecule has 0 saturated carbocycles. The molecule has 2 fully saturated rings. The number of amides is 1. The number of rotatable bonds is 7. The highest BCUT2D eigenvalue weighted by Crippen LogP contribution is 2.16. The minimum Gasteiger partial charge on any atom is -0.377 e. The highest BCUT2D eigenvalue weighted by molar-refractivity contribution is 7.89. The van der Waals surface area contributed by atoms with Crippen LogP contribution in [0.4, 0.5) is 0 Å². The molecule has 8 nitrogen and oxygen atoms in total. The Bertz CT molecular complexity index is 1100. The topological polar surface area (TPSA) is 103 Å². The minimum absolute atomic E-state index is 0.0730. The van der Waals surface area contributed by atoms with Crippen LogP contribution in [0.15, 0.2) is 53.4 Å². The van der Waals surface area contributed by atoms with Crippen molar-refractivity contribution in [3.05, 3.63) is 65.2 Å². The molecular weight excluding hydrogens is 440 g/mol. The zero-order valence-electron chi connectivity index (χ0n) is 18.4. The fraction of sp³-hybridized carbons (Fsp3) is 0.417. The number of hydrogen-bond donors (Lipinski definition) is 1. The van der Waals surface area contributed by atoms with Gasteiger partial charge in [-0.15, -0.1) is 0 Å². The first-order chi connectivity index (χ1) is 15.9. The lowest BCUT2D eigenvalue weighted by Crippen LogP contribution is -2.48. The van der Waals surface area contributed by atoms with Crippen LogP contribution in [0.2, 0.25) is 0 Å². The number of nitrogens with zero attached hydrogens (tertiary/aromatic N) is 3. The third-order valence-electron chi connectivity index (χ3n) is 6.09. The molecule has 33 heavy (non-hydrogen) atoms. The van der Waals surface area contributed by atoms with Gasteiger partial charge in [-0.05, 0) is 54.8 Å². The van der Waals surface area contributed by atoms with E-state index >= 15 is 0 Å². The third kappa shape index (κ3) is 5.97. The smallest absolute Gasteiger partial charge is 0.253 e. The van der Waals surface area contributed by atoms with E-state index in [-0.39, 0.29) is 23.5 Å². The second-order valence-electron chi connectivity index (χ2n) is 8.39. The molecule has 2 heterocycles. The van der Waals surface area contributed by atoms with Crippen LogP contribution in [-0.2, 0) is 21.3 Å². The van der Waals surface area contributed by atoms with E-state index in [4.69, 9.17) is 10.00 Å². The molecule has 2 aromatic rings. The van der Waals surface area contributed by atoms with E-state index in [0.717, 1.165) is 38.0 Å². The fourth-order valence-corrected chi connectivity index (χ4v) is 5.17. The summed E-state index contributed by atoms with van der Waals surface area (Å²) in [7, 11) is -3.64. The van der Waals surface area contributed by atoms with Gasteiger partial charge in [-0.25, -0.2) is 13.1 Å². The maximum Gasteiger partial charge on any atom is 0.253 e. The predicted octanol–water partition coefficient (Wildman–Crippen LogP) is 1.97. The van der Waals surface area contributed by atoms with E-state index in [1.165, 1.54) is 12.1 Å². The van der Waals surface area contributed by atoms with Crippen LogP contribution in [0, 0.1) is 11.3 Å². The van der Waals surface area contributed by atoms with E-state index in [9.17, 15) is 13.2 Å². The summed E-state index contributed by atoms with van der Waals surface area (Å²) in [6.45, 7) is 4.44. The average molecular weight is 469 g/mol. The van der Waals surface area contributed by atoms with Gasteiger partial charge in [-0.3, -0.25) is 9.69 Å². The van der Waals surface area contributed by atoms with Crippen LogP contribution in [-0.4, -0.2) is 69.6 Å². The summed E-state index contributed by atoms with van der Waals surface area (Å²) in [6, 6.07) is 15.8. The highest BCUT2D eigenvalue weighted by atomic mass is 32.2. The Morgan fingerprint density at radius 2 is 1.76 bits per heavy atom. The Hall–Kier alpha value is -2.77. The van der Waals surface area contributed by atoms with Gasteiger partial charge < -0.3 is 9.64 Å². The lowest BCUT2D eigenvalue weighted by molar-refractivity contribution is 0.0628. The largest absolute Gasteiger partial charge is 0.377 e. The molecule has 1 amide bonds. The van der Waals surface area contributed by atoms with Crippen LogP contribution in [0.3, 0.4) is 0 Å². The number of carbonyl (C=O) groups excluding carboxylic acids is 1. The summed E-state index contributed by atoms with van der Waals surface area (Å²) in [6.07, 6.45) is 1.74. The highest BCUT2D eigenvalue weighted by Gasteiger charge is 2.24. The predicted molar refractivity (Wildman–Crippen MR) is 123 cm³/mol. The quantitative estimate of drug-likeness (QED) is 0.667. The van der Waals surface area contributed by atoms with E-state index < -0.39 is 10.0 Å². The summed E-state index contributed by atoms with van der Waals surface area (Å²) in [5.74, 6) is -0.0933. The molecule has 0 spiro atoms. The number of hydrogen-bond acceptors (Lipinski definition) is 6. The van der Waals surface area contributed by atoms with Crippen LogP contribution in [0.5, 0.6) is 0 Å². The lowest BCUT2D eigenvalue weighted by atomic mass is 10.1. The van der Waals surface area contributed by atoms with Crippen molar-refractivity contribution >= 4 is 15.9 Å². The standard InChI is InChI=1S/C24H28N4O4S/c25-16-19-3-5-20(6-4-19)18-27-11-13-28(14-12-27)24(29)21-7-9-23(10-8-21)33(30,31)26-17-22-2-1-15-32-22/h3-10,22,26H,1-2,11-15,17-18H2/t22-/m1/s1. The third-order valence-corrected chi connectivity index (χ3v) is 7.52. The molecule has 2 aromatic carbocycles.